The molecular formula is C34H62O. The molecule has 0 aliphatic rings. The van der Waals surface area contributed by atoms with Crippen LogP contribution in [0.15, 0.2) is 24.3 Å². The van der Waals surface area contributed by atoms with Crippen LogP contribution in [0, 0.1) is 0 Å². The highest BCUT2D eigenvalue weighted by Crippen LogP contribution is 2.44. The lowest BCUT2D eigenvalue weighted by Gasteiger charge is -2.36. The van der Waals surface area contributed by atoms with Crippen LogP contribution in [0.25, 0.3) is 0 Å². The monoisotopic (exact) mass is 486 g/mol. The molecule has 1 rings (SSSR count). The van der Waals surface area contributed by atoms with Gasteiger partial charge in [-0.15, -0.1) is 0 Å². The normalized spacial score (nSPS) is 11.9. The summed E-state index contributed by atoms with van der Waals surface area (Å²) < 4.78 is 0. The van der Waals surface area contributed by atoms with Gasteiger partial charge in [0.1, 0.15) is 5.75 Å². The molecule has 1 nitrogen and oxygen atoms in total. The Balaban J connectivity index is 2.76. The molecule has 1 heteroatoms. The third-order valence-electron chi connectivity index (χ3n) is 8.25. The van der Waals surface area contributed by atoms with Crippen molar-refractivity contribution < 1.29 is 5.11 Å². The molecule has 35 heavy (non-hydrogen) atoms. The largest absolute Gasteiger partial charge is 0.508 e. The van der Waals surface area contributed by atoms with Crippen LogP contribution < -0.4 is 0 Å². The van der Waals surface area contributed by atoms with Crippen LogP contribution >= 0.6 is 0 Å². The van der Waals surface area contributed by atoms with Crippen LogP contribution in [0.5, 0.6) is 5.75 Å². The van der Waals surface area contributed by atoms with Crippen molar-refractivity contribution in [2.45, 2.75) is 180 Å². The second-order valence-corrected chi connectivity index (χ2v) is 11.4. The van der Waals surface area contributed by atoms with Crippen molar-refractivity contribution in [3.8, 4) is 5.75 Å². The van der Waals surface area contributed by atoms with Crippen LogP contribution in [0.3, 0.4) is 0 Å². The maximum absolute atomic E-state index is 10.9. The lowest BCUT2D eigenvalue weighted by atomic mass is 9.69. The minimum atomic E-state index is 0.168. The number of hydrogen-bond acceptors (Lipinski definition) is 1. The van der Waals surface area contributed by atoms with Gasteiger partial charge < -0.3 is 5.11 Å². The summed E-state index contributed by atoms with van der Waals surface area (Å²) >= 11 is 0. The van der Waals surface area contributed by atoms with Crippen LogP contribution in [-0.2, 0) is 5.41 Å². The van der Waals surface area contributed by atoms with E-state index in [1.165, 1.54) is 160 Å². The highest BCUT2D eigenvalue weighted by atomic mass is 16.3. The summed E-state index contributed by atoms with van der Waals surface area (Å²) in [6.45, 7) is 6.90. The predicted octanol–water partition coefficient (Wildman–Crippen LogP) is 12.1. The van der Waals surface area contributed by atoms with Gasteiger partial charge in [-0.25, -0.2) is 0 Å². The Labute approximate surface area is 220 Å². The zero-order chi connectivity index (χ0) is 25.5. The fourth-order valence-corrected chi connectivity index (χ4v) is 5.96. The van der Waals surface area contributed by atoms with E-state index in [4.69, 9.17) is 0 Å². The molecule has 0 aliphatic carbocycles. The van der Waals surface area contributed by atoms with Gasteiger partial charge >= 0.3 is 0 Å². The van der Waals surface area contributed by atoms with Gasteiger partial charge in [-0.1, -0.05) is 174 Å². The van der Waals surface area contributed by atoms with Crippen molar-refractivity contribution >= 4 is 0 Å². The zero-order valence-corrected chi connectivity index (χ0v) is 24.2. The van der Waals surface area contributed by atoms with Gasteiger partial charge in [-0.3, -0.25) is 0 Å². The SMILES string of the molecule is CCCCCCCCCC(CCCCCCCCC)(CCCCCCCCC)c1ccccc1O. The second kappa shape index (κ2) is 22.2. The second-order valence-electron chi connectivity index (χ2n) is 11.4. The van der Waals surface area contributed by atoms with E-state index in [2.05, 4.69) is 32.9 Å². The number of unbranched alkanes of at least 4 members (excludes halogenated alkanes) is 18. The average molecular weight is 487 g/mol. The average Bonchev–Trinajstić information content (AvgIpc) is 2.87. The number of para-hydroxylation sites is 1. The number of phenols is 1. The van der Waals surface area contributed by atoms with E-state index in [9.17, 15) is 5.11 Å². The first-order chi connectivity index (χ1) is 17.2. The van der Waals surface area contributed by atoms with Gasteiger partial charge in [0.25, 0.3) is 0 Å². The number of rotatable bonds is 25. The summed E-state index contributed by atoms with van der Waals surface area (Å²) in [5.41, 5.74) is 1.42. The molecule has 0 radical (unpaired) electrons. The van der Waals surface area contributed by atoms with Gasteiger partial charge in [0.15, 0.2) is 0 Å². The molecule has 0 unspecified atom stereocenters. The van der Waals surface area contributed by atoms with E-state index < -0.39 is 0 Å². The van der Waals surface area contributed by atoms with Crippen molar-refractivity contribution in [3.63, 3.8) is 0 Å². The summed E-state index contributed by atoms with van der Waals surface area (Å²) in [6, 6.07) is 8.34. The maximum Gasteiger partial charge on any atom is 0.119 e. The lowest BCUT2D eigenvalue weighted by Crippen LogP contribution is -2.27. The molecule has 0 amide bonds. The fraction of sp³-hybridized carbons (Fsp3) is 0.824. The molecule has 0 saturated carbocycles. The smallest absolute Gasteiger partial charge is 0.119 e. The van der Waals surface area contributed by atoms with Gasteiger partial charge in [-0.05, 0) is 30.7 Å². The number of benzene rings is 1. The first-order valence-electron chi connectivity index (χ1n) is 16.0. The quantitative estimate of drug-likeness (QED) is 0.136. The molecular weight excluding hydrogens is 424 g/mol. The van der Waals surface area contributed by atoms with Crippen molar-refractivity contribution in [1.82, 2.24) is 0 Å². The van der Waals surface area contributed by atoms with E-state index in [1.54, 1.807) is 0 Å². The minimum absolute atomic E-state index is 0.168. The Morgan fingerprint density at radius 2 is 0.771 bits per heavy atom. The van der Waals surface area contributed by atoms with Gasteiger partial charge in [-0.2, -0.15) is 0 Å². The Kier molecular flexibility index (Phi) is 20.4. The third kappa shape index (κ3) is 15.0. The lowest BCUT2D eigenvalue weighted by molar-refractivity contribution is 0.289. The molecule has 1 aromatic carbocycles. The van der Waals surface area contributed by atoms with Crippen molar-refractivity contribution in [1.29, 1.82) is 0 Å². The molecule has 0 atom stereocenters. The zero-order valence-electron chi connectivity index (χ0n) is 24.2. The number of phenolic OH excluding ortho intramolecular Hbond substituents is 1. The Morgan fingerprint density at radius 1 is 0.457 bits per heavy atom. The molecule has 204 valence electrons. The summed E-state index contributed by atoms with van der Waals surface area (Å²) in [7, 11) is 0. The molecule has 0 saturated heterocycles. The summed E-state index contributed by atoms with van der Waals surface area (Å²) in [5, 5.41) is 10.9. The van der Waals surface area contributed by atoms with E-state index >= 15 is 0 Å². The number of hydrogen-bond donors (Lipinski definition) is 1. The molecule has 0 fully saturated rings. The molecule has 0 spiro atoms. The molecule has 0 heterocycles. The predicted molar refractivity (Wildman–Crippen MR) is 158 cm³/mol. The minimum Gasteiger partial charge on any atom is -0.508 e. The first kappa shape index (κ1) is 32.0. The Morgan fingerprint density at radius 3 is 1.11 bits per heavy atom. The van der Waals surface area contributed by atoms with Crippen molar-refractivity contribution in [2.24, 2.45) is 0 Å². The van der Waals surface area contributed by atoms with Crippen molar-refractivity contribution in [3.05, 3.63) is 29.8 Å². The molecule has 0 bridgehead atoms. The molecule has 1 aromatic rings. The van der Waals surface area contributed by atoms with E-state index in [1.807, 2.05) is 12.1 Å². The number of aromatic hydroxyl groups is 1. The summed E-state index contributed by atoms with van der Waals surface area (Å²) in [5.74, 6) is 0.543. The molecule has 0 aromatic heterocycles. The van der Waals surface area contributed by atoms with Gasteiger partial charge in [0.05, 0.1) is 0 Å². The maximum atomic E-state index is 10.9. The van der Waals surface area contributed by atoms with E-state index in [0.717, 1.165) is 0 Å². The van der Waals surface area contributed by atoms with Crippen LogP contribution in [-0.4, -0.2) is 5.11 Å². The highest BCUT2D eigenvalue weighted by Gasteiger charge is 2.33. The van der Waals surface area contributed by atoms with Gasteiger partial charge in [0.2, 0.25) is 0 Å². The molecule has 0 aliphatic heterocycles. The third-order valence-corrected chi connectivity index (χ3v) is 8.25. The summed E-state index contributed by atoms with van der Waals surface area (Å²) in [6.07, 6.45) is 32.4. The Bertz CT molecular complexity index is 532. The highest BCUT2D eigenvalue weighted by molar-refractivity contribution is 5.38. The van der Waals surface area contributed by atoms with E-state index in [0.29, 0.717) is 5.75 Å². The van der Waals surface area contributed by atoms with Crippen molar-refractivity contribution in [2.75, 3.05) is 0 Å². The van der Waals surface area contributed by atoms with E-state index in [-0.39, 0.29) is 5.41 Å². The van der Waals surface area contributed by atoms with Crippen LogP contribution in [0.4, 0.5) is 0 Å². The van der Waals surface area contributed by atoms with Crippen LogP contribution in [0.2, 0.25) is 0 Å². The Hall–Kier alpha value is -0.980. The standard InChI is InChI=1S/C34H62O/c1-4-7-10-13-16-19-24-29-34(32-27-22-23-28-33(32)35,30-25-20-17-14-11-8-5-2)31-26-21-18-15-12-9-6-3/h22-23,27-28,35H,4-21,24-26,29-31H2,1-3H3. The first-order valence-corrected chi connectivity index (χ1v) is 16.0. The van der Waals surface area contributed by atoms with Gasteiger partial charge in [0, 0.05) is 5.56 Å². The molecule has 1 N–H and O–H groups in total. The topological polar surface area (TPSA) is 20.2 Å². The fourth-order valence-electron chi connectivity index (χ4n) is 5.96. The van der Waals surface area contributed by atoms with Crippen LogP contribution in [0.1, 0.15) is 180 Å². The summed E-state index contributed by atoms with van der Waals surface area (Å²) in [4.78, 5) is 0.